The van der Waals surface area contributed by atoms with Crippen LogP contribution in [-0.4, -0.2) is 24.5 Å². The molecule has 2 aliphatic carbocycles. The van der Waals surface area contributed by atoms with Gasteiger partial charge < -0.3 is 4.90 Å². The average molecular weight is 536 g/mol. The Morgan fingerprint density at radius 3 is 2.13 bits per heavy atom. The molecule has 0 amide bonds. The normalized spacial score (nSPS) is 19.4. The highest BCUT2D eigenvalue weighted by Gasteiger charge is 2.18. The zero-order valence-corrected chi connectivity index (χ0v) is 27.0. The number of rotatable bonds is 20. The molecular weight excluding hydrogens is 470 g/mol. The Hall–Kier alpha value is -1.34. The molecule has 0 heterocycles. The molecule has 1 heteroatoms. The van der Waals surface area contributed by atoms with Crippen molar-refractivity contribution in [2.24, 2.45) is 11.8 Å². The van der Waals surface area contributed by atoms with Gasteiger partial charge in [0.2, 0.25) is 0 Å². The Balaban J connectivity index is 1.61. The predicted molar refractivity (Wildman–Crippen MR) is 176 cm³/mol. The van der Waals surface area contributed by atoms with E-state index >= 15 is 0 Å². The van der Waals surface area contributed by atoms with Crippen molar-refractivity contribution >= 4 is 0 Å². The number of hydrogen-bond acceptors (Lipinski definition) is 1. The maximum atomic E-state index is 4.55. The largest absolute Gasteiger partial charge is 0.303 e. The van der Waals surface area contributed by atoms with Crippen molar-refractivity contribution in [2.75, 3.05) is 19.6 Å². The van der Waals surface area contributed by atoms with E-state index in [0.717, 1.165) is 11.8 Å². The maximum absolute atomic E-state index is 4.55. The third kappa shape index (κ3) is 15.9. The van der Waals surface area contributed by atoms with E-state index < -0.39 is 0 Å². The van der Waals surface area contributed by atoms with E-state index in [9.17, 15) is 0 Å². The minimum Gasteiger partial charge on any atom is -0.303 e. The van der Waals surface area contributed by atoms with Crippen molar-refractivity contribution < 1.29 is 0 Å². The molecule has 0 N–H and O–H groups in total. The Morgan fingerprint density at radius 1 is 0.795 bits per heavy atom. The van der Waals surface area contributed by atoms with Gasteiger partial charge in [-0.15, -0.1) is 0 Å². The van der Waals surface area contributed by atoms with Crippen LogP contribution >= 0.6 is 0 Å². The first-order valence-electron chi connectivity index (χ1n) is 16.9. The predicted octanol–water partition coefficient (Wildman–Crippen LogP) is 11.9. The van der Waals surface area contributed by atoms with Crippen LogP contribution in [0.5, 0.6) is 0 Å². The molecule has 0 bridgehead atoms. The fourth-order valence-corrected chi connectivity index (χ4v) is 6.40. The summed E-state index contributed by atoms with van der Waals surface area (Å²) in [6.45, 7) is 19.6. The standard InChI is InChI=1S/C38H65N/c1-7-8-29-39(30-12-11-19-35-21-23-37(24-22-35)20-13-16-33(4)5)31-14-17-34(6)38-27-25-36(26-28-38)18-10-9-15-32(2)3/h15-16,23,25,35,38H,6-14,17-22,24,26-31H2,1-5H3. The van der Waals surface area contributed by atoms with Gasteiger partial charge in [0.05, 0.1) is 0 Å². The van der Waals surface area contributed by atoms with Gasteiger partial charge in [-0.2, -0.15) is 0 Å². The first kappa shape index (κ1) is 33.9. The van der Waals surface area contributed by atoms with E-state index in [1.807, 2.05) is 0 Å². The van der Waals surface area contributed by atoms with Crippen LogP contribution in [0.2, 0.25) is 0 Å². The van der Waals surface area contributed by atoms with Crippen LogP contribution in [-0.2, 0) is 0 Å². The van der Waals surface area contributed by atoms with Crippen LogP contribution in [0.15, 0.2) is 58.7 Å². The second kappa shape index (κ2) is 20.5. The van der Waals surface area contributed by atoms with Gasteiger partial charge in [0, 0.05) is 0 Å². The van der Waals surface area contributed by atoms with Crippen LogP contribution in [0.3, 0.4) is 0 Å². The monoisotopic (exact) mass is 536 g/mol. The highest BCUT2D eigenvalue weighted by Crippen LogP contribution is 2.33. The molecule has 2 aliphatic rings. The summed E-state index contributed by atoms with van der Waals surface area (Å²) < 4.78 is 0. The molecular formula is C38H65N. The summed E-state index contributed by atoms with van der Waals surface area (Å²) in [6.07, 6.45) is 33.6. The van der Waals surface area contributed by atoms with Gasteiger partial charge in [-0.3, -0.25) is 0 Å². The summed E-state index contributed by atoms with van der Waals surface area (Å²) in [4.78, 5) is 2.77. The molecule has 0 aromatic heterocycles. The molecule has 0 aromatic carbocycles. The lowest BCUT2D eigenvalue weighted by atomic mass is 9.82. The lowest BCUT2D eigenvalue weighted by Crippen LogP contribution is -2.27. The Bertz CT molecular complexity index is 799. The smallest absolute Gasteiger partial charge is 0.00157 e. The van der Waals surface area contributed by atoms with Gasteiger partial charge in [-0.05, 0) is 155 Å². The van der Waals surface area contributed by atoms with E-state index in [2.05, 4.69) is 70.4 Å². The number of unbranched alkanes of at least 4 members (excludes halogenated alkanes) is 3. The van der Waals surface area contributed by atoms with Gasteiger partial charge in [0.25, 0.3) is 0 Å². The van der Waals surface area contributed by atoms with E-state index in [1.165, 1.54) is 152 Å². The second-order valence-electron chi connectivity index (χ2n) is 13.3. The van der Waals surface area contributed by atoms with E-state index in [1.54, 1.807) is 11.1 Å². The lowest BCUT2D eigenvalue weighted by molar-refractivity contribution is 0.255. The lowest BCUT2D eigenvalue weighted by Gasteiger charge is -2.26. The topological polar surface area (TPSA) is 3.24 Å². The molecule has 0 saturated heterocycles. The van der Waals surface area contributed by atoms with Gasteiger partial charge in [0.1, 0.15) is 0 Å². The molecule has 2 rings (SSSR count). The third-order valence-corrected chi connectivity index (χ3v) is 9.11. The van der Waals surface area contributed by atoms with Crippen molar-refractivity contribution in [1.29, 1.82) is 0 Å². The van der Waals surface area contributed by atoms with Crippen LogP contribution < -0.4 is 0 Å². The fourth-order valence-electron chi connectivity index (χ4n) is 6.40. The van der Waals surface area contributed by atoms with E-state index in [-0.39, 0.29) is 0 Å². The van der Waals surface area contributed by atoms with E-state index in [4.69, 9.17) is 0 Å². The summed E-state index contributed by atoms with van der Waals surface area (Å²) in [5, 5.41) is 0. The summed E-state index contributed by atoms with van der Waals surface area (Å²) in [5.41, 5.74) is 7.86. The minimum absolute atomic E-state index is 0.730. The van der Waals surface area contributed by atoms with Crippen molar-refractivity contribution in [3.05, 3.63) is 58.7 Å². The van der Waals surface area contributed by atoms with Crippen molar-refractivity contribution in [3.8, 4) is 0 Å². The SMILES string of the molecule is C=C(CCCN(CCCC)CCCCC1CC=C(CCC=C(C)C)CC1)C1CC=C(CCCC=C(C)C)CC1. The highest BCUT2D eigenvalue weighted by atomic mass is 15.1. The molecule has 39 heavy (non-hydrogen) atoms. The molecule has 2 unspecified atom stereocenters. The zero-order valence-electron chi connectivity index (χ0n) is 27.0. The Kier molecular flexibility index (Phi) is 17.8. The molecule has 0 fully saturated rings. The third-order valence-electron chi connectivity index (χ3n) is 9.11. The Morgan fingerprint density at radius 2 is 1.46 bits per heavy atom. The molecule has 0 aromatic rings. The summed E-state index contributed by atoms with van der Waals surface area (Å²) in [7, 11) is 0. The highest BCUT2D eigenvalue weighted by molar-refractivity contribution is 5.13. The summed E-state index contributed by atoms with van der Waals surface area (Å²) in [5.74, 6) is 1.67. The zero-order chi connectivity index (χ0) is 28.3. The second-order valence-corrected chi connectivity index (χ2v) is 13.3. The molecule has 222 valence electrons. The van der Waals surface area contributed by atoms with Crippen LogP contribution in [0.1, 0.15) is 150 Å². The molecule has 0 aliphatic heterocycles. The van der Waals surface area contributed by atoms with E-state index in [0.29, 0.717) is 0 Å². The molecule has 0 saturated carbocycles. The van der Waals surface area contributed by atoms with Crippen LogP contribution in [0, 0.1) is 11.8 Å². The Labute approximate surface area is 245 Å². The first-order chi connectivity index (χ1) is 18.9. The summed E-state index contributed by atoms with van der Waals surface area (Å²) in [6, 6.07) is 0. The first-order valence-corrected chi connectivity index (χ1v) is 16.9. The van der Waals surface area contributed by atoms with Crippen molar-refractivity contribution in [3.63, 3.8) is 0 Å². The van der Waals surface area contributed by atoms with Crippen LogP contribution in [0.4, 0.5) is 0 Å². The quantitative estimate of drug-likeness (QED) is 0.111. The number of hydrogen-bond donors (Lipinski definition) is 0. The summed E-state index contributed by atoms with van der Waals surface area (Å²) >= 11 is 0. The average Bonchev–Trinajstić information content (AvgIpc) is 2.92. The maximum Gasteiger partial charge on any atom is -0.00157 e. The molecule has 0 spiro atoms. The van der Waals surface area contributed by atoms with Gasteiger partial charge in [-0.25, -0.2) is 0 Å². The number of nitrogens with zero attached hydrogens (tertiary/aromatic N) is 1. The number of allylic oxidation sites excluding steroid dienone is 9. The van der Waals surface area contributed by atoms with Gasteiger partial charge >= 0.3 is 0 Å². The minimum atomic E-state index is 0.730. The van der Waals surface area contributed by atoms with Gasteiger partial charge in [-0.1, -0.05) is 84.9 Å². The molecule has 2 atom stereocenters. The molecule has 0 radical (unpaired) electrons. The fraction of sp³-hybridized carbons (Fsp3) is 0.737. The molecule has 1 nitrogen and oxygen atoms in total. The van der Waals surface area contributed by atoms with Crippen molar-refractivity contribution in [1.82, 2.24) is 4.90 Å². The van der Waals surface area contributed by atoms with Crippen LogP contribution in [0.25, 0.3) is 0 Å². The van der Waals surface area contributed by atoms with Gasteiger partial charge in [0.15, 0.2) is 0 Å². The van der Waals surface area contributed by atoms with Crippen molar-refractivity contribution in [2.45, 2.75) is 150 Å².